The van der Waals surface area contributed by atoms with E-state index in [4.69, 9.17) is 4.74 Å². The number of nitrogens with zero attached hydrogens (tertiary/aromatic N) is 2. The van der Waals surface area contributed by atoms with Crippen molar-refractivity contribution in [3.05, 3.63) is 86.5 Å². The molecular weight excluding hydrogens is 539 g/mol. The average molecular weight is 562 g/mol. The molecule has 0 aliphatic heterocycles. The third kappa shape index (κ3) is 6.08. The molecule has 0 saturated heterocycles. The number of aromatic nitrogens is 2. The summed E-state index contributed by atoms with van der Waals surface area (Å²) in [7, 11) is 0. The van der Waals surface area contributed by atoms with E-state index in [9.17, 15) is 27.6 Å². The summed E-state index contributed by atoms with van der Waals surface area (Å²) in [6.45, 7) is 3.70. The molecule has 198 valence electrons. The maximum atomic E-state index is 13.6. The summed E-state index contributed by atoms with van der Waals surface area (Å²) in [6.07, 6.45) is -4.54. The Hall–Kier alpha value is -3.64. The molecule has 0 bridgehead atoms. The third-order valence-corrected chi connectivity index (χ3v) is 7.61. The van der Waals surface area contributed by atoms with Crippen molar-refractivity contribution in [3.63, 3.8) is 0 Å². The average Bonchev–Trinajstić information content (AvgIpc) is 3.21. The largest absolute Gasteiger partial charge is 0.462 e. The summed E-state index contributed by atoms with van der Waals surface area (Å²) in [4.78, 5) is 43.8. The predicted octanol–water partition coefficient (Wildman–Crippen LogP) is 5.74. The number of carbonyl (C=O) groups is 2. The Morgan fingerprint density at radius 3 is 2.55 bits per heavy atom. The van der Waals surface area contributed by atoms with Gasteiger partial charge in [-0.15, -0.1) is 11.3 Å². The van der Waals surface area contributed by atoms with Crippen LogP contribution in [-0.4, -0.2) is 33.8 Å². The van der Waals surface area contributed by atoms with Gasteiger partial charge in [0.05, 0.1) is 29.9 Å². The monoisotopic (exact) mass is 561 g/mol. The van der Waals surface area contributed by atoms with Crippen LogP contribution >= 0.6 is 23.1 Å². The van der Waals surface area contributed by atoms with Gasteiger partial charge in [-0.05, 0) is 43.2 Å². The number of hydrogen-bond acceptors (Lipinski definition) is 7. The summed E-state index contributed by atoms with van der Waals surface area (Å²) in [5.74, 6) is -1.32. The lowest BCUT2D eigenvalue weighted by atomic mass is 10.2. The maximum Gasteiger partial charge on any atom is 0.416 e. The topological polar surface area (TPSA) is 90.3 Å². The molecule has 38 heavy (non-hydrogen) atoms. The van der Waals surface area contributed by atoms with Crippen LogP contribution in [0.3, 0.4) is 0 Å². The third-order valence-electron chi connectivity index (χ3n) is 5.47. The number of rotatable bonds is 8. The number of alkyl halides is 3. The zero-order valence-electron chi connectivity index (χ0n) is 20.3. The number of thiophene rings is 1. The minimum Gasteiger partial charge on any atom is -0.462 e. The minimum absolute atomic E-state index is 0.00322. The van der Waals surface area contributed by atoms with Crippen molar-refractivity contribution in [3.8, 4) is 0 Å². The minimum atomic E-state index is -4.54. The summed E-state index contributed by atoms with van der Waals surface area (Å²) in [5, 5.41) is 2.99. The quantitative estimate of drug-likeness (QED) is 0.168. The highest BCUT2D eigenvalue weighted by Crippen LogP contribution is 2.32. The number of fused-ring (bicyclic) bond motifs is 1. The van der Waals surface area contributed by atoms with Gasteiger partial charge in [-0.25, -0.2) is 9.78 Å². The molecule has 4 rings (SSSR count). The van der Waals surface area contributed by atoms with Crippen LogP contribution in [0.4, 0.5) is 18.9 Å². The molecule has 4 aromatic rings. The number of amides is 1. The van der Waals surface area contributed by atoms with E-state index in [1.54, 1.807) is 13.8 Å². The first-order chi connectivity index (χ1) is 18.1. The number of anilines is 1. The predicted molar refractivity (Wildman–Crippen MR) is 141 cm³/mol. The molecule has 0 fully saturated rings. The summed E-state index contributed by atoms with van der Waals surface area (Å²) < 4.78 is 45.5. The van der Waals surface area contributed by atoms with E-state index in [0.29, 0.717) is 15.8 Å². The van der Waals surface area contributed by atoms with Crippen molar-refractivity contribution < 1.29 is 27.5 Å². The first-order valence-corrected chi connectivity index (χ1v) is 13.2. The fourth-order valence-electron chi connectivity index (χ4n) is 3.71. The number of carbonyl (C=O) groups excluding carboxylic acids is 2. The van der Waals surface area contributed by atoms with Gasteiger partial charge in [-0.3, -0.25) is 14.2 Å². The van der Waals surface area contributed by atoms with Gasteiger partial charge in [-0.2, -0.15) is 13.2 Å². The van der Waals surface area contributed by atoms with Crippen LogP contribution in [0.5, 0.6) is 0 Å². The standard InChI is InChI=1S/C26H22F3N3O4S2/c1-3-36-24(35)21-15(2)20-22(38-21)31-25(32(23(20)34)13-16-8-5-4-6-9-16)37-14-19(33)30-18-11-7-10-17(12-18)26(27,28)29/h4-12H,3,13-14H2,1-2H3,(H,30,33). The smallest absolute Gasteiger partial charge is 0.416 e. The second-order valence-electron chi connectivity index (χ2n) is 8.14. The van der Waals surface area contributed by atoms with E-state index in [1.165, 1.54) is 16.7 Å². The lowest BCUT2D eigenvalue weighted by Crippen LogP contribution is -2.25. The molecule has 7 nitrogen and oxygen atoms in total. The second kappa shape index (κ2) is 11.4. The van der Waals surface area contributed by atoms with Gasteiger partial charge in [0.1, 0.15) is 9.71 Å². The van der Waals surface area contributed by atoms with Gasteiger partial charge >= 0.3 is 12.1 Å². The van der Waals surface area contributed by atoms with E-state index < -0.39 is 23.6 Å². The van der Waals surface area contributed by atoms with Crippen LogP contribution in [0, 0.1) is 6.92 Å². The summed E-state index contributed by atoms with van der Waals surface area (Å²) in [5.41, 5.74) is 0.0516. The van der Waals surface area contributed by atoms with Crippen molar-refractivity contribution in [2.45, 2.75) is 31.7 Å². The van der Waals surface area contributed by atoms with Crippen molar-refractivity contribution >= 4 is 50.9 Å². The van der Waals surface area contributed by atoms with Crippen molar-refractivity contribution in [1.29, 1.82) is 0 Å². The SMILES string of the molecule is CCOC(=O)c1sc2nc(SCC(=O)Nc3cccc(C(F)(F)F)c3)n(Cc3ccccc3)c(=O)c2c1C. The lowest BCUT2D eigenvalue weighted by Gasteiger charge is -2.13. The highest BCUT2D eigenvalue weighted by atomic mass is 32.2. The van der Waals surface area contributed by atoms with Crippen molar-refractivity contribution in [1.82, 2.24) is 9.55 Å². The Kier molecular flexibility index (Phi) is 8.22. The molecule has 0 aliphatic rings. The number of hydrogen-bond donors (Lipinski definition) is 1. The number of esters is 1. The van der Waals surface area contributed by atoms with Crippen LogP contribution in [-0.2, 0) is 22.3 Å². The van der Waals surface area contributed by atoms with Gasteiger partial charge in [0.25, 0.3) is 5.56 Å². The second-order valence-corrected chi connectivity index (χ2v) is 10.1. The fraction of sp³-hybridized carbons (Fsp3) is 0.231. The number of ether oxygens (including phenoxy) is 1. The fourth-order valence-corrected chi connectivity index (χ4v) is 5.62. The van der Waals surface area contributed by atoms with Gasteiger partial charge < -0.3 is 10.1 Å². The van der Waals surface area contributed by atoms with Gasteiger partial charge in [-0.1, -0.05) is 48.2 Å². The Labute approximate surface area is 223 Å². The van der Waals surface area contributed by atoms with Crippen LogP contribution in [0.1, 0.15) is 33.3 Å². The van der Waals surface area contributed by atoms with Crippen molar-refractivity contribution in [2.24, 2.45) is 0 Å². The molecule has 12 heteroatoms. The van der Waals surface area contributed by atoms with E-state index >= 15 is 0 Å². The molecule has 0 saturated carbocycles. The first kappa shape index (κ1) is 27.4. The number of halogens is 3. The Balaban J connectivity index is 1.65. The van der Waals surface area contributed by atoms with E-state index in [-0.39, 0.29) is 40.2 Å². The Bertz CT molecular complexity index is 1550. The van der Waals surface area contributed by atoms with Gasteiger partial charge in [0.2, 0.25) is 5.91 Å². The summed E-state index contributed by atoms with van der Waals surface area (Å²) in [6, 6.07) is 13.5. The lowest BCUT2D eigenvalue weighted by molar-refractivity contribution is -0.137. The van der Waals surface area contributed by atoms with Crippen LogP contribution in [0.15, 0.2) is 64.5 Å². The molecule has 0 aliphatic carbocycles. The normalized spacial score (nSPS) is 11.5. The molecular formula is C26H22F3N3O4S2. The van der Waals surface area contributed by atoms with Gasteiger partial charge in [0.15, 0.2) is 5.16 Å². The molecule has 0 unspecified atom stereocenters. The molecule has 0 radical (unpaired) electrons. The number of benzene rings is 2. The zero-order valence-corrected chi connectivity index (χ0v) is 21.9. The van der Waals surface area contributed by atoms with E-state index in [2.05, 4.69) is 10.3 Å². The molecule has 1 N–H and O–H groups in total. The molecule has 2 aromatic carbocycles. The molecule has 0 atom stereocenters. The zero-order chi connectivity index (χ0) is 27.4. The van der Waals surface area contributed by atoms with E-state index in [0.717, 1.165) is 40.8 Å². The number of aryl methyl sites for hydroxylation is 1. The van der Waals surface area contributed by atoms with Gasteiger partial charge in [0, 0.05) is 5.69 Å². The molecule has 2 aromatic heterocycles. The Morgan fingerprint density at radius 1 is 1.13 bits per heavy atom. The maximum absolute atomic E-state index is 13.6. The summed E-state index contributed by atoms with van der Waals surface area (Å²) >= 11 is 2.01. The first-order valence-electron chi connectivity index (χ1n) is 11.4. The van der Waals surface area contributed by atoms with E-state index in [1.807, 2.05) is 30.3 Å². The van der Waals surface area contributed by atoms with Crippen LogP contribution in [0.2, 0.25) is 0 Å². The molecule has 0 spiro atoms. The number of thioether (sulfide) groups is 1. The highest BCUT2D eigenvalue weighted by Gasteiger charge is 2.30. The molecule has 2 heterocycles. The van der Waals surface area contributed by atoms with Crippen LogP contribution < -0.4 is 10.9 Å². The van der Waals surface area contributed by atoms with Crippen molar-refractivity contribution in [2.75, 3.05) is 17.7 Å². The highest BCUT2D eigenvalue weighted by molar-refractivity contribution is 7.99. The molecule has 1 amide bonds. The van der Waals surface area contributed by atoms with Crippen LogP contribution in [0.25, 0.3) is 10.2 Å². The Morgan fingerprint density at radius 2 is 1.87 bits per heavy atom. The number of nitrogens with one attached hydrogen (secondary N) is 1.